The van der Waals surface area contributed by atoms with Crippen molar-refractivity contribution >= 4 is 0 Å². The third-order valence-electron chi connectivity index (χ3n) is 2.65. The monoisotopic (exact) mass is 127 g/mol. The van der Waals surface area contributed by atoms with Gasteiger partial charge in [-0.2, -0.15) is 0 Å². The van der Waals surface area contributed by atoms with E-state index in [0.29, 0.717) is 5.92 Å². The van der Waals surface area contributed by atoms with Gasteiger partial charge in [-0.05, 0) is 37.5 Å². The van der Waals surface area contributed by atoms with E-state index in [1.165, 1.54) is 19.3 Å². The van der Waals surface area contributed by atoms with Gasteiger partial charge in [0.15, 0.2) is 0 Å². The predicted molar refractivity (Wildman–Crippen MR) is 34.7 cm³/mol. The molecule has 0 heterocycles. The summed E-state index contributed by atoms with van der Waals surface area (Å²) in [5, 5.41) is 0. The zero-order chi connectivity index (χ0) is 6.27. The van der Waals surface area contributed by atoms with Crippen molar-refractivity contribution in [2.24, 2.45) is 5.92 Å². The average molecular weight is 127 g/mol. The first-order valence-electron chi connectivity index (χ1n) is 3.85. The van der Waals surface area contributed by atoms with Crippen molar-refractivity contribution in [2.45, 2.75) is 38.3 Å². The van der Waals surface area contributed by atoms with Crippen LogP contribution >= 0.6 is 0 Å². The number of rotatable bonds is 1. The van der Waals surface area contributed by atoms with E-state index >= 15 is 0 Å². The fourth-order valence-corrected chi connectivity index (χ4v) is 1.67. The van der Waals surface area contributed by atoms with Crippen molar-refractivity contribution in [3.63, 3.8) is 0 Å². The highest BCUT2D eigenvalue weighted by Gasteiger charge is 2.37. The Kier molecular flexibility index (Phi) is 1.24. The van der Waals surface area contributed by atoms with Crippen LogP contribution in [0.25, 0.3) is 0 Å². The third kappa shape index (κ3) is 0.867. The first kappa shape index (κ1) is 5.70. The highest BCUT2D eigenvalue weighted by atomic mass is 19.1. The van der Waals surface area contributed by atoms with E-state index in [2.05, 4.69) is 0 Å². The second-order valence-corrected chi connectivity index (χ2v) is 3.28. The molecular weight excluding hydrogens is 115 g/mol. The van der Waals surface area contributed by atoms with Gasteiger partial charge in [0.05, 0.1) is 0 Å². The minimum absolute atomic E-state index is 0.455. The third-order valence-corrected chi connectivity index (χ3v) is 2.65. The topological polar surface area (TPSA) is 0 Å². The maximum absolute atomic E-state index is 12.3. The molecule has 0 unspecified atom stereocenters. The minimum Gasteiger partial charge on any atom is -0.247 e. The second kappa shape index (κ2) is 1.96. The SMILES string of the molecule is FC1CC([C]2CCC2)C1. The van der Waals surface area contributed by atoms with Gasteiger partial charge in [0, 0.05) is 0 Å². The molecular formula is C8H12F. The molecule has 2 aliphatic carbocycles. The molecule has 0 saturated heterocycles. The van der Waals surface area contributed by atoms with Gasteiger partial charge in [-0.25, -0.2) is 4.39 Å². The second-order valence-electron chi connectivity index (χ2n) is 3.28. The molecule has 0 aliphatic heterocycles. The largest absolute Gasteiger partial charge is 0.247 e. The van der Waals surface area contributed by atoms with Crippen LogP contribution in [0, 0.1) is 11.8 Å². The highest BCUT2D eigenvalue weighted by molar-refractivity contribution is 5.08. The molecule has 0 nitrogen and oxygen atoms in total. The number of halogens is 1. The summed E-state index contributed by atoms with van der Waals surface area (Å²) in [4.78, 5) is 0. The molecule has 2 fully saturated rings. The normalized spacial score (nSPS) is 43.7. The summed E-state index contributed by atoms with van der Waals surface area (Å²) in [7, 11) is 0. The minimum atomic E-state index is -0.455. The summed E-state index contributed by atoms with van der Waals surface area (Å²) in [6.07, 6.45) is 5.20. The molecule has 0 aromatic carbocycles. The number of hydrogen-bond acceptors (Lipinski definition) is 0. The van der Waals surface area contributed by atoms with Crippen molar-refractivity contribution in [1.29, 1.82) is 0 Å². The Hall–Kier alpha value is -0.0700. The van der Waals surface area contributed by atoms with E-state index in [1.54, 1.807) is 5.92 Å². The summed E-state index contributed by atoms with van der Waals surface area (Å²) in [5.41, 5.74) is 0. The molecule has 0 amide bonds. The number of alkyl halides is 1. The zero-order valence-corrected chi connectivity index (χ0v) is 5.57. The van der Waals surface area contributed by atoms with E-state index in [-0.39, 0.29) is 0 Å². The van der Waals surface area contributed by atoms with E-state index in [0.717, 1.165) is 12.8 Å². The molecule has 0 aromatic rings. The van der Waals surface area contributed by atoms with Crippen LogP contribution in [0.1, 0.15) is 32.1 Å². The summed E-state index contributed by atoms with van der Waals surface area (Å²) in [5.74, 6) is 2.36. The fraction of sp³-hybridized carbons (Fsp3) is 0.875. The molecule has 51 valence electrons. The Morgan fingerprint density at radius 2 is 1.89 bits per heavy atom. The lowest BCUT2D eigenvalue weighted by atomic mass is 9.66. The van der Waals surface area contributed by atoms with Crippen LogP contribution in [0.4, 0.5) is 4.39 Å². The summed E-state index contributed by atoms with van der Waals surface area (Å²) in [6.45, 7) is 0. The van der Waals surface area contributed by atoms with Crippen LogP contribution < -0.4 is 0 Å². The van der Waals surface area contributed by atoms with Crippen LogP contribution in [-0.2, 0) is 0 Å². The Morgan fingerprint density at radius 3 is 2.22 bits per heavy atom. The quantitative estimate of drug-likeness (QED) is 0.507. The molecule has 2 rings (SSSR count). The van der Waals surface area contributed by atoms with Crippen molar-refractivity contribution < 1.29 is 4.39 Å². The zero-order valence-electron chi connectivity index (χ0n) is 5.57. The van der Waals surface area contributed by atoms with Crippen molar-refractivity contribution in [3.05, 3.63) is 5.92 Å². The van der Waals surface area contributed by atoms with Gasteiger partial charge in [0.1, 0.15) is 6.17 Å². The van der Waals surface area contributed by atoms with Gasteiger partial charge in [0.2, 0.25) is 0 Å². The molecule has 0 atom stereocenters. The van der Waals surface area contributed by atoms with Crippen molar-refractivity contribution in [3.8, 4) is 0 Å². The van der Waals surface area contributed by atoms with E-state index in [1.807, 2.05) is 0 Å². The lowest BCUT2D eigenvalue weighted by Crippen LogP contribution is -2.33. The lowest BCUT2D eigenvalue weighted by molar-refractivity contribution is 0.121. The molecule has 2 aliphatic rings. The van der Waals surface area contributed by atoms with Gasteiger partial charge < -0.3 is 0 Å². The van der Waals surface area contributed by atoms with Crippen LogP contribution in [0.15, 0.2) is 0 Å². The molecule has 1 radical (unpaired) electrons. The molecule has 2 saturated carbocycles. The van der Waals surface area contributed by atoms with Crippen molar-refractivity contribution in [1.82, 2.24) is 0 Å². The Balaban J connectivity index is 1.75. The maximum Gasteiger partial charge on any atom is 0.101 e. The molecule has 0 spiro atoms. The van der Waals surface area contributed by atoms with Crippen LogP contribution in [0.2, 0.25) is 0 Å². The van der Waals surface area contributed by atoms with Gasteiger partial charge in [0.25, 0.3) is 0 Å². The van der Waals surface area contributed by atoms with Crippen LogP contribution in [0.3, 0.4) is 0 Å². The van der Waals surface area contributed by atoms with E-state index < -0.39 is 6.17 Å². The predicted octanol–water partition coefficient (Wildman–Crippen LogP) is 2.49. The summed E-state index contributed by atoms with van der Waals surface area (Å²) >= 11 is 0. The smallest absolute Gasteiger partial charge is 0.101 e. The average Bonchev–Trinajstić information content (AvgIpc) is 1.57. The maximum atomic E-state index is 12.3. The Labute approximate surface area is 55.4 Å². The first-order chi connectivity index (χ1) is 4.36. The molecule has 0 bridgehead atoms. The standard InChI is InChI=1S/C8H12F/c9-8-4-7(5-8)6-2-1-3-6/h7-8H,1-5H2. The Bertz CT molecular complexity index is 101. The summed E-state index contributed by atoms with van der Waals surface area (Å²) in [6, 6.07) is 0. The molecule has 0 N–H and O–H groups in total. The molecule has 0 aromatic heterocycles. The first-order valence-corrected chi connectivity index (χ1v) is 3.85. The number of hydrogen-bond donors (Lipinski definition) is 0. The lowest BCUT2D eigenvalue weighted by Gasteiger charge is -2.40. The van der Waals surface area contributed by atoms with Gasteiger partial charge in [-0.1, -0.05) is 6.42 Å². The fourth-order valence-electron chi connectivity index (χ4n) is 1.67. The van der Waals surface area contributed by atoms with Crippen LogP contribution in [-0.4, -0.2) is 6.17 Å². The van der Waals surface area contributed by atoms with E-state index in [4.69, 9.17) is 0 Å². The molecule has 9 heavy (non-hydrogen) atoms. The summed E-state index contributed by atoms with van der Waals surface area (Å²) < 4.78 is 12.3. The van der Waals surface area contributed by atoms with Gasteiger partial charge in [-0.3, -0.25) is 0 Å². The van der Waals surface area contributed by atoms with Crippen molar-refractivity contribution in [2.75, 3.05) is 0 Å². The van der Waals surface area contributed by atoms with Crippen LogP contribution in [0.5, 0.6) is 0 Å². The van der Waals surface area contributed by atoms with Gasteiger partial charge >= 0.3 is 0 Å². The Morgan fingerprint density at radius 1 is 1.22 bits per heavy atom. The molecule has 1 heteroatoms. The van der Waals surface area contributed by atoms with Gasteiger partial charge in [-0.15, -0.1) is 0 Å². The highest BCUT2D eigenvalue weighted by Crippen LogP contribution is 2.46. The van der Waals surface area contributed by atoms with E-state index in [9.17, 15) is 4.39 Å².